The van der Waals surface area contributed by atoms with Crippen LogP contribution in [0.2, 0.25) is 0 Å². The minimum absolute atomic E-state index is 0.228. The van der Waals surface area contributed by atoms with Crippen LogP contribution in [-0.2, 0) is 9.31 Å². The highest BCUT2D eigenvalue weighted by Gasteiger charge is 2.54. The second-order valence-corrected chi connectivity index (χ2v) is 9.63. The molecule has 0 aromatic carbocycles. The second kappa shape index (κ2) is 4.28. The quantitative estimate of drug-likeness (QED) is 0.571. The van der Waals surface area contributed by atoms with Gasteiger partial charge in [0.2, 0.25) is 0 Å². The van der Waals surface area contributed by atoms with Gasteiger partial charge >= 0.3 is 7.12 Å². The summed E-state index contributed by atoms with van der Waals surface area (Å²) >= 11 is 1.89. The summed E-state index contributed by atoms with van der Waals surface area (Å²) in [5.41, 5.74) is 2.54. The summed E-state index contributed by atoms with van der Waals surface area (Å²) < 4.78 is 12.6. The molecule has 4 aliphatic rings. The maximum absolute atomic E-state index is 6.31. The van der Waals surface area contributed by atoms with Gasteiger partial charge in [0.05, 0.1) is 11.2 Å². The van der Waals surface area contributed by atoms with Crippen LogP contribution in [0.1, 0.15) is 70.2 Å². The fraction of sp³-hybridized carbons (Fsp3) is 0.667. The Labute approximate surface area is 138 Å². The largest absolute Gasteiger partial charge is 0.496 e. The molecule has 0 radical (unpaired) electrons. The van der Waals surface area contributed by atoms with Crippen molar-refractivity contribution in [3.63, 3.8) is 0 Å². The van der Waals surface area contributed by atoms with Gasteiger partial charge in [-0.05, 0) is 55.9 Å². The highest BCUT2D eigenvalue weighted by atomic mass is 32.1. The molecule has 0 amide bonds. The molecule has 22 heavy (non-hydrogen) atoms. The van der Waals surface area contributed by atoms with Crippen molar-refractivity contribution < 1.29 is 9.31 Å². The average molecular weight is 316 g/mol. The summed E-state index contributed by atoms with van der Waals surface area (Å²) in [6.45, 7) is 13.3. The molecule has 0 spiro atoms. The molecular weight excluding hydrogens is 291 g/mol. The molecule has 2 unspecified atom stereocenters. The van der Waals surface area contributed by atoms with Crippen LogP contribution < -0.4 is 5.46 Å². The van der Waals surface area contributed by atoms with Gasteiger partial charge in [0, 0.05) is 16.7 Å². The van der Waals surface area contributed by atoms with E-state index < -0.39 is 0 Å². The van der Waals surface area contributed by atoms with E-state index in [0.29, 0.717) is 17.3 Å². The summed E-state index contributed by atoms with van der Waals surface area (Å²) in [4.78, 5) is 1.54. The van der Waals surface area contributed by atoms with Crippen molar-refractivity contribution in [3.8, 4) is 0 Å². The van der Waals surface area contributed by atoms with Gasteiger partial charge in [-0.1, -0.05) is 26.0 Å². The molecule has 1 fully saturated rings. The maximum atomic E-state index is 6.31. The zero-order chi connectivity index (χ0) is 15.9. The van der Waals surface area contributed by atoms with Crippen molar-refractivity contribution in [2.75, 3.05) is 0 Å². The lowest BCUT2D eigenvalue weighted by molar-refractivity contribution is 0.00578. The first-order chi connectivity index (χ1) is 10.1. The maximum Gasteiger partial charge on any atom is 0.496 e. The Bertz CT molecular complexity index is 640. The van der Waals surface area contributed by atoms with E-state index in [4.69, 9.17) is 9.31 Å². The van der Waals surface area contributed by atoms with Gasteiger partial charge < -0.3 is 9.31 Å². The molecule has 4 heteroatoms. The number of hydrogen-bond acceptors (Lipinski definition) is 3. The van der Waals surface area contributed by atoms with E-state index >= 15 is 0 Å². The molecular formula is C18H25BO2S. The van der Waals surface area contributed by atoms with Crippen LogP contribution in [0.5, 0.6) is 0 Å². The normalized spacial score (nSPS) is 33.3. The SMILES string of the molecule is CC1(C)CC2C=CC1c1c(B3OC(C)(C)C(C)(C)O3)csc12. The first-order valence-electron chi connectivity index (χ1n) is 8.27. The summed E-state index contributed by atoms with van der Waals surface area (Å²) in [6, 6.07) is 0. The van der Waals surface area contributed by atoms with E-state index in [2.05, 4.69) is 59.1 Å². The van der Waals surface area contributed by atoms with Crippen LogP contribution in [0.3, 0.4) is 0 Å². The van der Waals surface area contributed by atoms with E-state index in [1.54, 1.807) is 0 Å². The van der Waals surface area contributed by atoms with Crippen LogP contribution in [0.4, 0.5) is 0 Å². The average Bonchev–Trinajstić information content (AvgIpc) is 2.89. The van der Waals surface area contributed by atoms with Gasteiger partial charge in [0.15, 0.2) is 0 Å². The molecule has 2 bridgehead atoms. The fourth-order valence-electron chi connectivity index (χ4n) is 4.10. The molecule has 1 aliphatic heterocycles. The van der Waals surface area contributed by atoms with Crippen molar-refractivity contribution in [3.05, 3.63) is 28.0 Å². The summed E-state index contributed by atoms with van der Waals surface area (Å²) in [6.07, 6.45) is 6.07. The lowest BCUT2D eigenvalue weighted by Gasteiger charge is -2.44. The predicted molar refractivity (Wildman–Crippen MR) is 93.1 cm³/mol. The monoisotopic (exact) mass is 316 g/mol. The molecule has 2 nitrogen and oxygen atoms in total. The summed E-state index contributed by atoms with van der Waals surface area (Å²) in [5, 5.41) is 2.28. The molecule has 118 valence electrons. The smallest absolute Gasteiger partial charge is 0.399 e. The van der Waals surface area contributed by atoms with Crippen LogP contribution >= 0.6 is 11.3 Å². The molecule has 5 rings (SSSR count). The van der Waals surface area contributed by atoms with Gasteiger partial charge in [0.25, 0.3) is 0 Å². The van der Waals surface area contributed by atoms with E-state index in [1.807, 2.05) is 11.3 Å². The van der Waals surface area contributed by atoms with Crippen LogP contribution in [0.25, 0.3) is 0 Å². The van der Waals surface area contributed by atoms with E-state index in [-0.39, 0.29) is 18.3 Å². The third kappa shape index (κ3) is 1.87. The Morgan fingerprint density at radius 2 is 1.68 bits per heavy atom. The van der Waals surface area contributed by atoms with E-state index in [9.17, 15) is 0 Å². The molecule has 0 N–H and O–H groups in total. The minimum atomic E-state index is -0.272. The Morgan fingerprint density at radius 1 is 1.05 bits per heavy atom. The number of fused-ring (bicyclic) bond motifs is 1. The highest BCUT2D eigenvalue weighted by molar-refractivity contribution is 7.11. The molecule has 1 saturated heterocycles. The number of thiophene rings is 1. The zero-order valence-electron chi connectivity index (χ0n) is 14.4. The first kappa shape index (κ1) is 15.0. The van der Waals surface area contributed by atoms with Crippen molar-refractivity contribution in [2.45, 2.75) is 71.0 Å². The topological polar surface area (TPSA) is 18.5 Å². The van der Waals surface area contributed by atoms with Gasteiger partial charge in [0.1, 0.15) is 0 Å². The van der Waals surface area contributed by atoms with Crippen LogP contribution in [0.15, 0.2) is 17.5 Å². The van der Waals surface area contributed by atoms with Crippen molar-refractivity contribution >= 4 is 23.9 Å². The number of hydrogen-bond donors (Lipinski definition) is 0. The highest BCUT2D eigenvalue weighted by Crippen LogP contribution is 2.56. The molecule has 1 aromatic heterocycles. The lowest BCUT2D eigenvalue weighted by Crippen LogP contribution is -2.41. The standard InChI is InChI=1S/C18H25BO2S/c1-16(2)9-11-7-8-12(16)14-13(10-22-15(11)14)19-20-17(3,4)18(5,6)21-19/h7-8,10-12H,9H2,1-6H3. The van der Waals surface area contributed by atoms with Gasteiger partial charge in [-0.3, -0.25) is 0 Å². The molecule has 3 aliphatic carbocycles. The summed E-state index contributed by atoms with van der Waals surface area (Å²) in [5.74, 6) is 1.07. The van der Waals surface area contributed by atoms with Crippen LogP contribution in [0, 0.1) is 5.41 Å². The Balaban J connectivity index is 1.77. The minimum Gasteiger partial charge on any atom is -0.399 e. The Kier molecular flexibility index (Phi) is 2.92. The molecule has 2 atom stereocenters. The third-order valence-electron chi connectivity index (χ3n) is 6.17. The Hall–Kier alpha value is -0.575. The molecule has 1 aromatic rings. The lowest BCUT2D eigenvalue weighted by atomic mass is 9.58. The fourth-order valence-corrected chi connectivity index (χ4v) is 5.30. The molecule has 0 saturated carbocycles. The van der Waals surface area contributed by atoms with E-state index in [0.717, 1.165) is 0 Å². The molecule has 2 heterocycles. The van der Waals surface area contributed by atoms with Crippen LogP contribution in [-0.4, -0.2) is 18.3 Å². The second-order valence-electron chi connectivity index (χ2n) is 8.72. The first-order valence-corrected chi connectivity index (χ1v) is 9.15. The van der Waals surface area contributed by atoms with Crippen molar-refractivity contribution in [2.24, 2.45) is 5.41 Å². The van der Waals surface area contributed by atoms with E-state index in [1.165, 1.54) is 22.3 Å². The number of rotatable bonds is 1. The van der Waals surface area contributed by atoms with Crippen molar-refractivity contribution in [1.29, 1.82) is 0 Å². The van der Waals surface area contributed by atoms with Gasteiger partial charge in [-0.25, -0.2) is 0 Å². The van der Waals surface area contributed by atoms with Gasteiger partial charge in [-0.15, -0.1) is 11.3 Å². The predicted octanol–water partition coefficient (Wildman–Crippen LogP) is 4.21. The third-order valence-corrected chi connectivity index (χ3v) is 7.32. The zero-order valence-corrected chi connectivity index (χ0v) is 15.2. The van der Waals surface area contributed by atoms with Crippen molar-refractivity contribution in [1.82, 2.24) is 0 Å². The summed E-state index contributed by atoms with van der Waals surface area (Å²) in [7, 11) is -0.228. The Morgan fingerprint density at radius 3 is 2.27 bits per heavy atom. The van der Waals surface area contributed by atoms with Gasteiger partial charge in [-0.2, -0.15) is 0 Å². The number of allylic oxidation sites excluding steroid dienone is 2.